The molecule has 0 aromatic heterocycles. The monoisotopic (exact) mass is 370 g/mol. The number of aliphatic hydroxyl groups excluding tert-OH is 1. The minimum Gasteiger partial charge on any atom is -0.481 e. The molecule has 2 unspecified atom stereocenters. The first-order chi connectivity index (χ1) is 12.9. The quantitative estimate of drug-likeness (QED) is 0.545. The molecule has 0 aliphatic carbocycles. The number of hydrogen-bond acceptors (Lipinski definition) is 3. The van der Waals surface area contributed by atoms with Crippen LogP contribution in [0.2, 0.25) is 0 Å². The Bertz CT molecular complexity index is 730. The van der Waals surface area contributed by atoms with Crippen LogP contribution in [-0.2, 0) is 17.8 Å². The minimum atomic E-state index is -0.881. The number of aliphatic hydroxyl groups is 1. The highest BCUT2D eigenvalue weighted by molar-refractivity contribution is 5.74. The van der Waals surface area contributed by atoms with Gasteiger partial charge in [0.25, 0.3) is 0 Å². The van der Waals surface area contributed by atoms with E-state index in [1.807, 2.05) is 54.6 Å². The number of rotatable bonds is 9. The summed E-state index contributed by atoms with van der Waals surface area (Å²) in [4.78, 5) is 23.1. The molecule has 0 saturated heterocycles. The third-order valence-corrected chi connectivity index (χ3v) is 4.28. The molecule has 2 aromatic carbocycles. The highest BCUT2D eigenvalue weighted by atomic mass is 16.4. The van der Waals surface area contributed by atoms with Gasteiger partial charge in [-0.3, -0.25) is 4.79 Å². The van der Waals surface area contributed by atoms with E-state index in [0.29, 0.717) is 19.4 Å². The van der Waals surface area contributed by atoms with Crippen molar-refractivity contribution in [3.05, 3.63) is 71.3 Å². The molecule has 0 aliphatic heterocycles. The van der Waals surface area contributed by atoms with Crippen molar-refractivity contribution in [2.24, 2.45) is 0 Å². The Morgan fingerprint density at radius 2 is 1.67 bits per heavy atom. The highest BCUT2D eigenvalue weighted by Crippen LogP contribution is 2.12. The summed E-state index contributed by atoms with van der Waals surface area (Å²) in [5.74, 6) is -0.881. The fourth-order valence-electron chi connectivity index (χ4n) is 2.75. The number of urea groups is 1. The first-order valence-electron chi connectivity index (χ1n) is 9.01. The summed E-state index contributed by atoms with van der Waals surface area (Å²) in [6.07, 6.45) is 0.410. The van der Waals surface area contributed by atoms with Gasteiger partial charge < -0.3 is 20.8 Å². The second kappa shape index (κ2) is 10.3. The van der Waals surface area contributed by atoms with Crippen LogP contribution in [0.4, 0.5) is 4.79 Å². The van der Waals surface area contributed by atoms with Gasteiger partial charge in [0.05, 0.1) is 6.10 Å². The van der Waals surface area contributed by atoms with Crippen LogP contribution >= 0.6 is 0 Å². The van der Waals surface area contributed by atoms with E-state index in [0.717, 1.165) is 16.7 Å². The van der Waals surface area contributed by atoms with Gasteiger partial charge >= 0.3 is 12.0 Å². The van der Waals surface area contributed by atoms with Gasteiger partial charge in [-0.1, -0.05) is 54.6 Å². The number of aliphatic carboxylic acids is 1. The molecule has 4 N–H and O–H groups in total. The van der Waals surface area contributed by atoms with E-state index >= 15 is 0 Å². The number of nitrogens with one attached hydrogen (secondary N) is 2. The van der Waals surface area contributed by atoms with Crippen molar-refractivity contribution in [2.75, 3.05) is 0 Å². The maximum absolute atomic E-state index is 12.2. The summed E-state index contributed by atoms with van der Waals surface area (Å²) < 4.78 is 0. The third kappa shape index (κ3) is 7.50. The van der Waals surface area contributed by atoms with Crippen LogP contribution < -0.4 is 10.6 Å². The van der Waals surface area contributed by atoms with Crippen molar-refractivity contribution >= 4 is 12.0 Å². The second-order valence-corrected chi connectivity index (χ2v) is 6.56. The molecule has 0 saturated carbocycles. The van der Waals surface area contributed by atoms with Crippen LogP contribution in [0.15, 0.2) is 54.6 Å². The standard InChI is InChI=1S/C21H26N2O4/c1-15(24)18-9-7-17(8-10-18)14-22-21(27)23-19(11-12-20(25)26)13-16-5-3-2-4-6-16/h2-10,15,19,24H,11-14H2,1H3,(H,25,26)(H2,22,23,27). The molecule has 0 heterocycles. The number of carbonyl (C=O) groups is 2. The molecule has 0 aliphatic rings. The van der Waals surface area contributed by atoms with E-state index in [9.17, 15) is 14.7 Å². The number of carbonyl (C=O) groups excluding carboxylic acids is 1. The zero-order valence-corrected chi connectivity index (χ0v) is 15.4. The Hall–Kier alpha value is -2.86. The first kappa shape index (κ1) is 20.5. The first-order valence-corrected chi connectivity index (χ1v) is 9.01. The lowest BCUT2D eigenvalue weighted by Gasteiger charge is -2.19. The van der Waals surface area contributed by atoms with Gasteiger partial charge in [0, 0.05) is 19.0 Å². The van der Waals surface area contributed by atoms with Crippen molar-refractivity contribution < 1.29 is 19.8 Å². The molecule has 2 rings (SSSR count). The lowest BCUT2D eigenvalue weighted by Crippen LogP contribution is -2.43. The van der Waals surface area contributed by atoms with E-state index in [1.165, 1.54) is 0 Å². The number of carboxylic acids is 1. The van der Waals surface area contributed by atoms with E-state index in [4.69, 9.17) is 5.11 Å². The van der Waals surface area contributed by atoms with Gasteiger partial charge in [0.15, 0.2) is 0 Å². The zero-order chi connectivity index (χ0) is 19.6. The molecule has 0 spiro atoms. The van der Waals surface area contributed by atoms with Crippen molar-refractivity contribution in [1.29, 1.82) is 0 Å². The average molecular weight is 370 g/mol. The van der Waals surface area contributed by atoms with E-state index < -0.39 is 12.1 Å². The van der Waals surface area contributed by atoms with Crippen LogP contribution in [0.25, 0.3) is 0 Å². The van der Waals surface area contributed by atoms with Crippen LogP contribution in [0.1, 0.15) is 42.6 Å². The molecule has 0 bridgehead atoms. The Balaban J connectivity index is 1.88. The molecule has 2 amide bonds. The summed E-state index contributed by atoms with van der Waals surface area (Å²) >= 11 is 0. The SMILES string of the molecule is CC(O)c1ccc(CNC(=O)NC(CCC(=O)O)Cc2ccccc2)cc1. The summed E-state index contributed by atoms with van der Waals surface area (Å²) in [6, 6.07) is 16.4. The Morgan fingerprint density at radius 3 is 2.26 bits per heavy atom. The van der Waals surface area contributed by atoms with Crippen LogP contribution in [0.5, 0.6) is 0 Å². The van der Waals surface area contributed by atoms with Crippen molar-refractivity contribution in [3.63, 3.8) is 0 Å². The molecular formula is C21H26N2O4. The average Bonchev–Trinajstić information content (AvgIpc) is 2.65. The molecule has 2 aromatic rings. The molecule has 27 heavy (non-hydrogen) atoms. The van der Waals surface area contributed by atoms with Gasteiger partial charge in [-0.05, 0) is 36.5 Å². The molecule has 144 valence electrons. The molecule has 6 heteroatoms. The molecule has 2 atom stereocenters. The molecular weight excluding hydrogens is 344 g/mol. The summed E-state index contributed by atoms with van der Waals surface area (Å²) in [5.41, 5.74) is 2.78. The fourth-order valence-corrected chi connectivity index (χ4v) is 2.75. The Kier molecular flexibility index (Phi) is 7.82. The fraction of sp³-hybridized carbons (Fsp3) is 0.333. The molecule has 0 fully saturated rings. The maximum Gasteiger partial charge on any atom is 0.315 e. The lowest BCUT2D eigenvalue weighted by atomic mass is 10.0. The predicted octanol–water partition coefficient (Wildman–Crippen LogP) is 3.02. The smallest absolute Gasteiger partial charge is 0.315 e. The van der Waals surface area contributed by atoms with Crippen molar-refractivity contribution in [2.45, 2.75) is 44.9 Å². The van der Waals surface area contributed by atoms with E-state index in [1.54, 1.807) is 6.92 Å². The van der Waals surface area contributed by atoms with Crippen molar-refractivity contribution in [1.82, 2.24) is 10.6 Å². The van der Waals surface area contributed by atoms with Gasteiger partial charge in [0.1, 0.15) is 0 Å². The predicted molar refractivity (Wildman–Crippen MR) is 103 cm³/mol. The van der Waals surface area contributed by atoms with E-state index in [-0.39, 0.29) is 18.5 Å². The van der Waals surface area contributed by atoms with Crippen LogP contribution in [0.3, 0.4) is 0 Å². The van der Waals surface area contributed by atoms with Crippen molar-refractivity contribution in [3.8, 4) is 0 Å². The second-order valence-electron chi connectivity index (χ2n) is 6.56. The molecule has 0 radical (unpaired) electrons. The summed E-state index contributed by atoms with van der Waals surface area (Å²) in [5, 5.41) is 24.1. The van der Waals surface area contributed by atoms with E-state index in [2.05, 4.69) is 10.6 Å². The number of benzene rings is 2. The zero-order valence-electron chi connectivity index (χ0n) is 15.4. The summed E-state index contributed by atoms with van der Waals surface area (Å²) in [7, 11) is 0. The third-order valence-electron chi connectivity index (χ3n) is 4.28. The van der Waals surface area contributed by atoms with Gasteiger partial charge in [0.2, 0.25) is 0 Å². The van der Waals surface area contributed by atoms with Crippen LogP contribution in [0, 0.1) is 0 Å². The number of hydrogen-bond donors (Lipinski definition) is 4. The van der Waals surface area contributed by atoms with Gasteiger partial charge in [-0.2, -0.15) is 0 Å². The number of amides is 2. The largest absolute Gasteiger partial charge is 0.481 e. The maximum atomic E-state index is 12.2. The van der Waals surface area contributed by atoms with Gasteiger partial charge in [-0.25, -0.2) is 4.79 Å². The van der Waals surface area contributed by atoms with Gasteiger partial charge in [-0.15, -0.1) is 0 Å². The number of carboxylic acid groups (broad SMARTS) is 1. The Labute approximate surface area is 159 Å². The normalized spacial score (nSPS) is 12.8. The topological polar surface area (TPSA) is 98.7 Å². The Morgan fingerprint density at radius 1 is 1.00 bits per heavy atom. The summed E-state index contributed by atoms with van der Waals surface area (Å²) in [6.45, 7) is 2.05. The lowest BCUT2D eigenvalue weighted by molar-refractivity contribution is -0.137. The van der Waals surface area contributed by atoms with Crippen LogP contribution in [-0.4, -0.2) is 28.3 Å². The minimum absolute atomic E-state index is 0.00140. The molecule has 6 nitrogen and oxygen atoms in total. The highest BCUT2D eigenvalue weighted by Gasteiger charge is 2.14.